The number of para-hydroxylation sites is 2. The summed E-state index contributed by atoms with van der Waals surface area (Å²) in [5.41, 5.74) is -0.746. The van der Waals surface area contributed by atoms with Gasteiger partial charge in [0.2, 0.25) is 0 Å². The molecule has 8 nitrogen and oxygen atoms in total. The Kier molecular flexibility index (Phi) is 5.56. The van der Waals surface area contributed by atoms with Gasteiger partial charge in [0.15, 0.2) is 0 Å². The van der Waals surface area contributed by atoms with Crippen molar-refractivity contribution in [2.75, 3.05) is 30.5 Å². The molecule has 1 heterocycles. The van der Waals surface area contributed by atoms with Gasteiger partial charge in [0.25, 0.3) is 5.69 Å². The van der Waals surface area contributed by atoms with Crippen molar-refractivity contribution < 1.29 is 19.2 Å². The minimum absolute atomic E-state index is 0.0180. The van der Waals surface area contributed by atoms with Crippen LogP contribution < -0.4 is 10.6 Å². The van der Waals surface area contributed by atoms with Crippen molar-refractivity contribution in [1.29, 1.82) is 0 Å². The Bertz CT molecular complexity index is 616. The standard InChI is InChI=1S/C14H17N3O5S/c1-22-14(6-7-23-9-14)8-15-12(18)13(19)16-10-4-2-3-5-11(10)17(20)21/h2-5H,6-9H2,1H3,(H,15,18)(H,16,19). The molecule has 0 spiro atoms. The molecule has 1 aromatic rings. The first-order valence-corrected chi connectivity index (χ1v) is 8.08. The SMILES string of the molecule is COC1(CNC(=O)C(=O)Nc2ccccc2[N+](=O)[O-])CCSC1. The van der Waals surface area contributed by atoms with Gasteiger partial charge in [-0.25, -0.2) is 0 Å². The van der Waals surface area contributed by atoms with Crippen LogP contribution in [0, 0.1) is 10.1 Å². The number of anilines is 1. The lowest BCUT2D eigenvalue weighted by atomic mass is 10.0. The molecule has 0 aliphatic carbocycles. The summed E-state index contributed by atoms with van der Waals surface area (Å²) in [5.74, 6) is -0.116. The van der Waals surface area contributed by atoms with Crippen LogP contribution in [0.5, 0.6) is 0 Å². The summed E-state index contributed by atoms with van der Waals surface area (Å²) in [6.07, 6.45) is 0.792. The van der Waals surface area contributed by atoms with Crippen LogP contribution in [0.4, 0.5) is 11.4 Å². The van der Waals surface area contributed by atoms with Crippen molar-refractivity contribution in [3.63, 3.8) is 0 Å². The smallest absolute Gasteiger partial charge is 0.313 e. The third-order valence-corrected chi connectivity index (χ3v) is 4.85. The van der Waals surface area contributed by atoms with E-state index in [9.17, 15) is 19.7 Å². The van der Waals surface area contributed by atoms with Gasteiger partial charge >= 0.3 is 11.8 Å². The fraction of sp³-hybridized carbons (Fsp3) is 0.429. The molecular formula is C14H17N3O5S. The highest BCUT2D eigenvalue weighted by Gasteiger charge is 2.35. The Labute approximate surface area is 137 Å². The molecule has 124 valence electrons. The summed E-state index contributed by atoms with van der Waals surface area (Å²) in [6, 6.07) is 5.64. The normalized spacial score (nSPS) is 20.0. The van der Waals surface area contributed by atoms with E-state index in [2.05, 4.69) is 10.6 Å². The second-order valence-electron chi connectivity index (χ2n) is 5.10. The number of nitro groups is 1. The summed E-state index contributed by atoms with van der Waals surface area (Å²) in [7, 11) is 1.57. The molecule has 1 aliphatic rings. The third kappa shape index (κ3) is 4.20. The van der Waals surface area contributed by atoms with E-state index in [0.717, 1.165) is 17.9 Å². The molecule has 1 atom stereocenters. The van der Waals surface area contributed by atoms with Gasteiger partial charge in [0, 0.05) is 25.5 Å². The van der Waals surface area contributed by atoms with Gasteiger partial charge in [-0.1, -0.05) is 12.1 Å². The number of nitrogens with one attached hydrogen (secondary N) is 2. The lowest BCUT2D eigenvalue weighted by Gasteiger charge is -2.26. The zero-order chi connectivity index (χ0) is 16.9. The van der Waals surface area contributed by atoms with Crippen molar-refractivity contribution in [2.45, 2.75) is 12.0 Å². The first kappa shape index (κ1) is 17.2. The Morgan fingerprint density at radius 1 is 1.39 bits per heavy atom. The van der Waals surface area contributed by atoms with E-state index < -0.39 is 22.3 Å². The zero-order valence-corrected chi connectivity index (χ0v) is 13.4. The number of hydrogen-bond donors (Lipinski definition) is 2. The Hall–Kier alpha value is -2.13. The van der Waals surface area contributed by atoms with Gasteiger partial charge in [0.05, 0.1) is 10.5 Å². The number of nitro benzene ring substituents is 1. The highest BCUT2D eigenvalue weighted by atomic mass is 32.2. The lowest BCUT2D eigenvalue weighted by molar-refractivity contribution is -0.383. The second-order valence-corrected chi connectivity index (χ2v) is 6.21. The Morgan fingerprint density at radius 3 is 2.74 bits per heavy atom. The van der Waals surface area contributed by atoms with Crippen LogP contribution >= 0.6 is 11.8 Å². The number of thioether (sulfide) groups is 1. The minimum Gasteiger partial charge on any atom is -0.376 e. The number of carbonyl (C=O) groups excluding carboxylic acids is 2. The highest BCUT2D eigenvalue weighted by Crippen LogP contribution is 2.30. The monoisotopic (exact) mass is 339 g/mol. The van der Waals surface area contributed by atoms with Crippen molar-refractivity contribution in [3.05, 3.63) is 34.4 Å². The maximum atomic E-state index is 11.9. The van der Waals surface area contributed by atoms with E-state index >= 15 is 0 Å². The summed E-state index contributed by atoms with van der Waals surface area (Å²) in [4.78, 5) is 34.0. The quantitative estimate of drug-likeness (QED) is 0.473. The number of benzene rings is 1. The molecule has 1 unspecified atom stereocenters. The van der Waals surface area contributed by atoms with Crippen molar-refractivity contribution >= 4 is 35.0 Å². The molecule has 0 saturated carbocycles. The van der Waals surface area contributed by atoms with Crippen molar-refractivity contribution in [3.8, 4) is 0 Å². The van der Waals surface area contributed by atoms with E-state index in [1.165, 1.54) is 24.3 Å². The molecule has 1 saturated heterocycles. The Morgan fingerprint density at radius 2 is 2.13 bits per heavy atom. The van der Waals surface area contributed by atoms with Crippen LogP contribution in [-0.2, 0) is 14.3 Å². The molecule has 9 heteroatoms. The van der Waals surface area contributed by atoms with E-state index in [1.54, 1.807) is 18.9 Å². The highest BCUT2D eigenvalue weighted by molar-refractivity contribution is 7.99. The second kappa shape index (κ2) is 7.42. The van der Waals surface area contributed by atoms with Crippen LogP contribution in [0.1, 0.15) is 6.42 Å². The maximum Gasteiger partial charge on any atom is 0.313 e. The number of hydrogen-bond acceptors (Lipinski definition) is 6. The first-order valence-electron chi connectivity index (χ1n) is 6.93. The molecule has 1 aliphatic heterocycles. The van der Waals surface area contributed by atoms with Gasteiger partial charge in [-0.3, -0.25) is 19.7 Å². The van der Waals surface area contributed by atoms with Gasteiger partial charge in [-0.15, -0.1) is 0 Å². The predicted molar refractivity (Wildman–Crippen MR) is 86.4 cm³/mol. The minimum atomic E-state index is -0.948. The maximum absolute atomic E-state index is 11.9. The number of methoxy groups -OCH3 is 1. The third-order valence-electron chi connectivity index (χ3n) is 3.63. The van der Waals surface area contributed by atoms with Crippen LogP contribution in [0.3, 0.4) is 0 Å². The van der Waals surface area contributed by atoms with Crippen LogP contribution in [-0.4, -0.2) is 47.5 Å². The number of carbonyl (C=O) groups is 2. The molecule has 2 rings (SSSR count). The Balaban J connectivity index is 1.96. The number of amides is 2. The van der Waals surface area contributed by atoms with Crippen LogP contribution in [0.15, 0.2) is 24.3 Å². The average Bonchev–Trinajstić information content (AvgIpc) is 3.02. The molecule has 1 fully saturated rings. The summed E-state index contributed by atoms with van der Waals surface area (Å²) >= 11 is 1.72. The van der Waals surface area contributed by atoms with E-state index in [1.807, 2.05) is 0 Å². The van der Waals surface area contributed by atoms with E-state index in [0.29, 0.717) is 0 Å². The number of nitrogens with zero attached hydrogens (tertiary/aromatic N) is 1. The fourth-order valence-electron chi connectivity index (χ4n) is 2.20. The van der Waals surface area contributed by atoms with Crippen LogP contribution in [0.2, 0.25) is 0 Å². The van der Waals surface area contributed by atoms with Crippen LogP contribution in [0.25, 0.3) is 0 Å². The van der Waals surface area contributed by atoms with Crippen molar-refractivity contribution in [2.24, 2.45) is 0 Å². The molecule has 0 bridgehead atoms. The molecular weight excluding hydrogens is 322 g/mol. The molecule has 2 N–H and O–H groups in total. The first-order chi connectivity index (χ1) is 11.0. The summed E-state index contributed by atoms with van der Waals surface area (Å²) in [5, 5.41) is 15.7. The summed E-state index contributed by atoms with van der Waals surface area (Å²) < 4.78 is 5.44. The lowest BCUT2D eigenvalue weighted by Crippen LogP contribution is -2.47. The largest absolute Gasteiger partial charge is 0.376 e. The molecule has 23 heavy (non-hydrogen) atoms. The average molecular weight is 339 g/mol. The molecule has 1 aromatic carbocycles. The summed E-state index contributed by atoms with van der Waals surface area (Å²) in [6.45, 7) is 0.222. The van der Waals surface area contributed by atoms with Gasteiger partial charge in [0.1, 0.15) is 5.69 Å². The topological polar surface area (TPSA) is 111 Å². The molecule has 0 radical (unpaired) electrons. The number of ether oxygens (including phenoxy) is 1. The zero-order valence-electron chi connectivity index (χ0n) is 12.5. The molecule has 0 aromatic heterocycles. The van der Waals surface area contributed by atoms with Gasteiger partial charge < -0.3 is 15.4 Å². The van der Waals surface area contributed by atoms with E-state index in [-0.39, 0.29) is 17.9 Å². The van der Waals surface area contributed by atoms with Gasteiger partial charge in [-0.05, 0) is 18.2 Å². The predicted octanol–water partition coefficient (Wildman–Crippen LogP) is 1.17. The van der Waals surface area contributed by atoms with Gasteiger partial charge in [-0.2, -0.15) is 11.8 Å². The fourth-order valence-corrected chi connectivity index (χ4v) is 3.60. The van der Waals surface area contributed by atoms with E-state index in [4.69, 9.17) is 4.74 Å². The van der Waals surface area contributed by atoms with Crippen molar-refractivity contribution in [1.82, 2.24) is 5.32 Å². The number of rotatable bonds is 5. The molecule has 2 amide bonds.